The van der Waals surface area contributed by atoms with E-state index in [9.17, 15) is 19.2 Å². The first-order valence-corrected chi connectivity index (χ1v) is 12.5. The highest BCUT2D eigenvalue weighted by Gasteiger charge is 2.67. The molecule has 1 aromatic rings. The standard InChI is InChI=1S/C23H25Br2NO5/c1-11(2)8-15(23(30)31-10-16(27)12-6-4-3-5-7-12)26-21(28)17-13-9-14(18(17)22(26)29)20(25)19(13)24/h3-7,11,13-15,17-20H,8-10H2,1-2H3/t13-,14-,15-,17-,18-,19-,20+/m1/s1. The fraction of sp³-hybridized carbons (Fsp3) is 0.565. The zero-order chi connectivity index (χ0) is 22.4. The highest BCUT2D eigenvalue weighted by Crippen LogP contribution is 2.60. The first-order chi connectivity index (χ1) is 14.7. The summed E-state index contributed by atoms with van der Waals surface area (Å²) >= 11 is 7.35. The number of Topliss-reactive ketones (excluding diaryl/α,β-unsaturated/α-hetero) is 1. The maximum absolute atomic E-state index is 13.3. The Labute approximate surface area is 198 Å². The van der Waals surface area contributed by atoms with E-state index in [-0.39, 0.29) is 56.8 Å². The molecule has 0 N–H and O–H groups in total. The zero-order valence-electron chi connectivity index (χ0n) is 17.4. The number of amides is 2. The Hall–Kier alpha value is -1.54. The van der Waals surface area contributed by atoms with Crippen LogP contribution in [0.5, 0.6) is 0 Å². The molecule has 2 amide bonds. The van der Waals surface area contributed by atoms with Gasteiger partial charge in [-0.25, -0.2) is 4.79 Å². The predicted molar refractivity (Wildman–Crippen MR) is 121 cm³/mol. The highest BCUT2D eigenvalue weighted by atomic mass is 79.9. The molecule has 3 fully saturated rings. The van der Waals surface area contributed by atoms with Gasteiger partial charge in [0, 0.05) is 15.2 Å². The number of hydrogen-bond donors (Lipinski definition) is 0. The molecule has 0 aromatic heterocycles. The monoisotopic (exact) mass is 553 g/mol. The van der Waals surface area contributed by atoms with Crippen molar-refractivity contribution in [3.05, 3.63) is 35.9 Å². The summed E-state index contributed by atoms with van der Waals surface area (Å²) in [6, 6.07) is 7.57. The van der Waals surface area contributed by atoms with Crippen molar-refractivity contribution < 1.29 is 23.9 Å². The van der Waals surface area contributed by atoms with Gasteiger partial charge in [-0.3, -0.25) is 19.3 Å². The van der Waals surface area contributed by atoms with Gasteiger partial charge >= 0.3 is 5.97 Å². The maximum atomic E-state index is 13.3. The van der Waals surface area contributed by atoms with Gasteiger partial charge in [0.25, 0.3) is 0 Å². The van der Waals surface area contributed by atoms with Crippen LogP contribution in [0.2, 0.25) is 0 Å². The number of imide groups is 1. The summed E-state index contributed by atoms with van der Waals surface area (Å²) in [4.78, 5) is 53.4. The Kier molecular flexibility index (Phi) is 6.41. The second-order valence-electron chi connectivity index (χ2n) is 9.09. The summed E-state index contributed by atoms with van der Waals surface area (Å²) in [6.45, 7) is 3.43. The van der Waals surface area contributed by atoms with Crippen molar-refractivity contribution >= 4 is 55.4 Å². The molecule has 0 radical (unpaired) electrons. The number of ketones is 1. The van der Waals surface area contributed by atoms with Crippen molar-refractivity contribution in [2.45, 2.75) is 42.4 Å². The van der Waals surface area contributed by atoms with Crippen molar-refractivity contribution in [3.8, 4) is 0 Å². The quantitative estimate of drug-likeness (QED) is 0.223. The van der Waals surface area contributed by atoms with Crippen molar-refractivity contribution in [1.82, 2.24) is 4.90 Å². The average molecular weight is 555 g/mol. The van der Waals surface area contributed by atoms with Crippen molar-refractivity contribution in [1.29, 1.82) is 0 Å². The molecule has 0 spiro atoms. The number of fused-ring (bicyclic) bond motifs is 5. The number of benzene rings is 1. The number of hydrogen-bond acceptors (Lipinski definition) is 5. The zero-order valence-corrected chi connectivity index (χ0v) is 20.5. The van der Waals surface area contributed by atoms with Crippen LogP contribution in [-0.4, -0.2) is 50.8 Å². The summed E-state index contributed by atoms with van der Waals surface area (Å²) in [6.07, 6.45) is 1.14. The van der Waals surface area contributed by atoms with E-state index in [0.29, 0.717) is 12.0 Å². The van der Waals surface area contributed by atoms with E-state index in [1.807, 2.05) is 13.8 Å². The number of likely N-dealkylation sites (tertiary alicyclic amines) is 1. The van der Waals surface area contributed by atoms with E-state index in [1.165, 1.54) is 0 Å². The number of nitrogens with zero attached hydrogens (tertiary/aromatic N) is 1. The molecule has 1 saturated heterocycles. The number of rotatable bonds is 7. The van der Waals surface area contributed by atoms with E-state index < -0.39 is 18.6 Å². The fourth-order valence-corrected chi connectivity index (χ4v) is 7.25. The SMILES string of the molecule is CC(C)C[C@H](C(=O)OCC(=O)c1ccccc1)N1C(=O)[C@@H]2[C@H]3C[C@@H]([C@@H](Br)[C@H]3Br)[C@H]2C1=O. The summed E-state index contributed by atoms with van der Waals surface area (Å²) in [5.41, 5.74) is 0.446. The molecule has 2 bridgehead atoms. The number of ether oxygens (including phenoxy) is 1. The minimum Gasteiger partial charge on any atom is -0.456 e. The smallest absolute Gasteiger partial charge is 0.329 e. The fourth-order valence-electron chi connectivity index (χ4n) is 5.37. The molecular weight excluding hydrogens is 530 g/mol. The van der Waals surface area contributed by atoms with Crippen LogP contribution in [0.25, 0.3) is 0 Å². The molecule has 166 valence electrons. The highest BCUT2D eigenvalue weighted by molar-refractivity contribution is 9.12. The summed E-state index contributed by atoms with van der Waals surface area (Å²) in [5, 5.41) is 0. The van der Waals surface area contributed by atoms with Gasteiger partial charge in [-0.2, -0.15) is 0 Å². The van der Waals surface area contributed by atoms with Gasteiger partial charge in [-0.1, -0.05) is 76.0 Å². The lowest BCUT2D eigenvalue weighted by Gasteiger charge is -2.28. The molecule has 4 rings (SSSR count). The van der Waals surface area contributed by atoms with Gasteiger partial charge in [0.05, 0.1) is 11.8 Å². The Morgan fingerprint density at radius 1 is 1.03 bits per heavy atom. The Balaban J connectivity index is 1.51. The van der Waals surface area contributed by atoms with E-state index in [2.05, 4.69) is 31.9 Å². The van der Waals surface area contributed by atoms with Crippen LogP contribution >= 0.6 is 31.9 Å². The second-order valence-corrected chi connectivity index (χ2v) is 11.2. The lowest BCUT2D eigenvalue weighted by atomic mass is 9.81. The normalized spacial score (nSPS) is 32.5. The number of carbonyl (C=O) groups excluding carboxylic acids is 4. The number of halogens is 2. The van der Waals surface area contributed by atoms with Crippen LogP contribution in [-0.2, 0) is 19.1 Å². The Bertz CT molecular complexity index is 872. The molecule has 3 aliphatic rings. The van der Waals surface area contributed by atoms with Crippen molar-refractivity contribution in [3.63, 3.8) is 0 Å². The molecule has 7 atom stereocenters. The topological polar surface area (TPSA) is 80.8 Å². The maximum Gasteiger partial charge on any atom is 0.329 e. The third-order valence-electron chi connectivity index (χ3n) is 6.74. The summed E-state index contributed by atoms with van der Waals surface area (Å²) in [7, 11) is 0. The van der Waals surface area contributed by atoms with Crippen LogP contribution < -0.4 is 0 Å². The minimum absolute atomic E-state index is 0.0629. The average Bonchev–Trinajstić information content (AvgIpc) is 3.35. The molecule has 1 aromatic carbocycles. The molecule has 0 unspecified atom stereocenters. The van der Waals surface area contributed by atoms with Gasteiger partial charge < -0.3 is 4.74 Å². The van der Waals surface area contributed by atoms with E-state index in [0.717, 1.165) is 11.3 Å². The molecule has 1 aliphatic heterocycles. The molecular formula is C23H25Br2NO5. The minimum atomic E-state index is -1.00. The van der Waals surface area contributed by atoms with Crippen LogP contribution in [0.3, 0.4) is 0 Å². The largest absolute Gasteiger partial charge is 0.456 e. The van der Waals surface area contributed by atoms with E-state index >= 15 is 0 Å². The molecule has 2 saturated carbocycles. The third kappa shape index (κ3) is 3.90. The van der Waals surface area contributed by atoms with E-state index in [1.54, 1.807) is 30.3 Å². The van der Waals surface area contributed by atoms with Crippen LogP contribution in [0.15, 0.2) is 30.3 Å². The van der Waals surface area contributed by atoms with Gasteiger partial charge in [0.1, 0.15) is 6.04 Å². The summed E-state index contributed by atoms with van der Waals surface area (Å²) < 4.78 is 5.31. The molecule has 1 heterocycles. The van der Waals surface area contributed by atoms with Crippen molar-refractivity contribution in [2.75, 3.05) is 6.61 Å². The lowest BCUT2D eigenvalue weighted by Crippen LogP contribution is -2.48. The first kappa shape index (κ1) is 22.6. The van der Waals surface area contributed by atoms with Crippen molar-refractivity contribution in [2.24, 2.45) is 29.6 Å². The number of carbonyl (C=O) groups is 4. The van der Waals surface area contributed by atoms with Gasteiger partial charge in [-0.05, 0) is 30.6 Å². The second kappa shape index (κ2) is 8.77. The van der Waals surface area contributed by atoms with Gasteiger partial charge in [0.2, 0.25) is 11.8 Å². The van der Waals surface area contributed by atoms with Crippen LogP contribution in [0, 0.1) is 29.6 Å². The Morgan fingerprint density at radius 3 is 2.10 bits per heavy atom. The molecule has 6 nitrogen and oxygen atoms in total. The lowest BCUT2D eigenvalue weighted by molar-refractivity contribution is -0.159. The number of alkyl halides is 2. The predicted octanol–water partition coefficient (Wildman–Crippen LogP) is 3.61. The first-order valence-electron chi connectivity index (χ1n) is 10.6. The molecule has 2 aliphatic carbocycles. The third-order valence-corrected chi connectivity index (χ3v) is 9.95. The van der Waals surface area contributed by atoms with Crippen LogP contribution in [0.4, 0.5) is 0 Å². The number of esters is 1. The van der Waals surface area contributed by atoms with Crippen LogP contribution in [0.1, 0.15) is 37.0 Å². The van der Waals surface area contributed by atoms with E-state index in [4.69, 9.17) is 4.74 Å². The molecule has 31 heavy (non-hydrogen) atoms. The van der Waals surface area contributed by atoms with Gasteiger partial charge in [-0.15, -0.1) is 0 Å². The molecule has 8 heteroatoms. The summed E-state index contributed by atoms with van der Waals surface area (Å²) in [5.74, 6) is -2.12. The van der Waals surface area contributed by atoms with Gasteiger partial charge in [0.15, 0.2) is 12.4 Å². The Morgan fingerprint density at radius 2 is 1.58 bits per heavy atom.